The molecule has 2 rings (SSSR count). The molecule has 0 aliphatic carbocycles. The van der Waals surface area contributed by atoms with Crippen molar-refractivity contribution in [2.75, 3.05) is 5.33 Å². The zero-order chi connectivity index (χ0) is 12.5. The molecule has 1 atom stereocenters. The van der Waals surface area contributed by atoms with Crippen LogP contribution in [0.2, 0.25) is 5.02 Å². The van der Waals surface area contributed by atoms with Crippen LogP contribution in [0.4, 0.5) is 0 Å². The second-order valence-electron chi connectivity index (χ2n) is 3.75. The van der Waals surface area contributed by atoms with Crippen LogP contribution < -0.4 is 0 Å². The van der Waals surface area contributed by atoms with Gasteiger partial charge in [-0.1, -0.05) is 39.7 Å². The summed E-state index contributed by atoms with van der Waals surface area (Å²) in [7, 11) is 0. The van der Waals surface area contributed by atoms with Crippen LogP contribution in [0.5, 0.6) is 0 Å². The van der Waals surface area contributed by atoms with Crippen LogP contribution in [0.25, 0.3) is 0 Å². The highest BCUT2D eigenvalue weighted by Gasteiger charge is 2.32. The molecule has 2 aromatic rings. The number of benzene rings is 1. The van der Waals surface area contributed by atoms with E-state index in [9.17, 15) is 5.11 Å². The zero-order valence-electron chi connectivity index (χ0n) is 9.15. The quantitative estimate of drug-likeness (QED) is 0.869. The van der Waals surface area contributed by atoms with E-state index in [1.54, 1.807) is 12.1 Å². The Balaban J connectivity index is 2.47. The number of thiazole rings is 1. The second-order valence-corrected chi connectivity index (χ2v) is 5.81. The summed E-state index contributed by atoms with van der Waals surface area (Å²) in [6.45, 7) is 1.92. The van der Waals surface area contributed by atoms with Crippen LogP contribution in [0.1, 0.15) is 16.3 Å². The Hall–Kier alpha value is -0.420. The molecule has 0 bridgehead atoms. The number of aliphatic hydroxyl groups is 1. The third-order valence-corrected chi connectivity index (χ3v) is 4.39. The van der Waals surface area contributed by atoms with Gasteiger partial charge in [0.05, 0.1) is 10.7 Å². The van der Waals surface area contributed by atoms with E-state index in [2.05, 4.69) is 20.9 Å². The normalized spacial score (nSPS) is 14.6. The Kier molecular flexibility index (Phi) is 3.88. The first-order chi connectivity index (χ1) is 8.06. The molecule has 0 amide bonds. The van der Waals surface area contributed by atoms with Crippen molar-refractivity contribution in [2.45, 2.75) is 12.5 Å². The fourth-order valence-corrected chi connectivity index (χ4v) is 2.99. The molecular weight excluding hydrogens is 322 g/mol. The van der Waals surface area contributed by atoms with Gasteiger partial charge in [-0.15, -0.1) is 11.3 Å². The van der Waals surface area contributed by atoms with Crippen LogP contribution in [-0.2, 0) is 5.60 Å². The van der Waals surface area contributed by atoms with Crippen molar-refractivity contribution in [1.29, 1.82) is 0 Å². The Morgan fingerprint density at radius 2 is 2.06 bits per heavy atom. The average Bonchev–Trinajstić information content (AvgIpc) is 2.76. The number of hydrogen-bond acceptors (Lipinski definition) is 3. The van der Waals surface area contributed by atoms with E-state index in [1.165, 1.54) is 11.3 Å². The van der Waals surface area contributed by atoms with Crippen molar-refractivity contribution in [3.8, 4) is 0 Å². The van der Waals surface area contributed by atoms with Gasteiger partial charge in [0.25, 0.3) is 0 Å². The lowest BCUT2D eigenvalue weighted by molar-refractivity contribution is 0.105. The van der Waals surface area contributed by atoms with Gasteiger partial charge in [0.15, 0.2) is 0 Å². The largest absolute Gasteiger partial charge is 0.378 e. The minimum absolute atomic E-state index is 0.394. The van der Waals surface area contributed by atoms with E-state index in [-0.39, 0.29) is 0 Å². The van der Waals surface area contributed by atoms with Crippen LogP contribution in [0.3, 0.4) is 0 Å². The molecule has 1 unspecified atom stereocenters. The molecule has 0 saturated heterocycles. The predicted octanol–water partition coefficient (Wildman–Crippen LogP) is 3.74. The van der Waals surface area contributed by atoms with E-state index in [4.69, 9.17) is 11.6 Å². The van der Waals surface area contributed by atoms with E-state index in [1.807, 2.05) is 24.4 Å². The first-order valence-corrected chi connectivity index (χ1v) is 7.41. The fourth-order valence-electron chi connectivity index (χ4n) is 1.57. The van der Waals surface area contributed by atoms with E-state index < -0.39 is 5.60 Å². The molecule has 0 fully saturated rings. The van der Waals surface area contributed by atoms with Crippen LogP contribution in [-0.4, -0.2) is 15.4 Å². The number of rotatable bonds is 3. The van der Waals surface area contributed by atoms with Crippen LogP contribution >= 0.6 is 38.9 Å². The van der Waals surface area contributed by atoms with Gasteiger partial charge in [0, 0.05) is 15.7 Å². The van der Waals surface area contributed by atoms with Crippen LogP contribution in [0.15, 0.2) is 29.6 Å². The molecule has 1 aromatic heterocycles. The van der Waals surface area contributed by atoms with Gasteiger partial charge >= 0.3 is 0 Å². The summed E-state index contributed by atoms with van der Waals surface area (Å²) < 4.78 is 0. The summed E-state index contributed by atoms with van der Waals surface area (Å²) in [6.07, 6.45) is 0. The zero-order valence-corrected chi connectivity index (χ0v) is 12.3. The molecular formula is C12H11BrClNOS. The van der Waals surface area contributed by atoms with Gasteiger partial charge < -0.3 is 5.11 Å². The average molecular weight is 333 g/mol. The van der Waals surface area contributed by atoms with Crippen molar-refractivity contribution in [1.82, 2.24) is 4.98 Å². The maximum Gasteiger partial charge on any atom is 0.142 e. The van der Waals surface area contributed by atoms with Gasteiger partial charge in [-0.25, -0.2) is 4.98 Å². The Morgan fingerprint density at radius 1 is 1.41 bits per heavy atom. The molecule has 1 heterocycles. The van der Waals surface area contributed by atoms with Crippen LogP contribution in [0, 0.1) is 6.92 Å². The number of aryl methyl sites for hydroxylation is 1. The summed E-state index contributed by atoms with van der Waals surface area (Å²) in [5.41, 5.74) is 0.346. The summed E-state index contributed by atoms with van der Waals surface area (Å²) in [4.78, 5) is 4.36. The van der Waals surface area contributed by atoms with Crippen molar-refractivity contribution in [3.63, 3.8) is 0 Å². The number of alkyl halides is 1. The van der Waals surface area contributed by atoms with Crippen molar-refractivity contribution >= 4 is 38.9 Å². The molecule has 90 valence electrons. The minimum Gasteiger partial charge on any atom is -0.378 e. The minimum atomic E-state index is -1.10. The van der Waals surface area contributed by atoms with Gasteiger partial charge in [-0.05, 0) is 24.6 Å². The number of nitrogens with zero attached hydrogens (tertiary/aromatic N) is 1. The lowest BCUT2D eigenvalue weighted by Crippen LogP contribution is -2.29. The second kappa shape index (κ2) is 5.06. The molecule has 17 heavy (non-hydrogen) atoms. The molecule has 1 N–H and O–H groups in total. The Morgan fingerprint density at radius 3 is 2.53 bits per heavy atom. The molecule has 2 nitrogen and oxygen atoms in total. The third kappa shape index (κ3) is 2.55. The molecule has 0 radical (unpaired) electrons. The highest BCUT2D eigenvalue weighted by Crippen LogP contribution is 2.32. The molecule has 0 aliphatic rings. The lowest BCUT2D eigenvalue weighted by atomic mass is 9.93. The molecule has 5 heteroatoms. The van der Waals surface area contributed by atoms with Crippen molar-refractivity contribution in [2.24, 2.45) is 0 Å². The van der Waals surface area contributed by atoms with E-state index in [0.717, 1.165) is 10.6 Å². The number of hydrogen-bond donors (Lipinski definition) is 1. The highest BCUT2D eigenvalue weighted by molar-refractivity contribution is 9.09. The summed E-state index contributed by atoms with van der Waals surface area (Å²) in [6, 6.07) is 7.17. The van der Waals surface area contributed by atoms with Gasteiger partial charge in [-0.2, -0.15) is 0 Å². The molecule has 0 spiro atoms. The molecule has 0 aliphatic heterocycles. The molecule has 1 aromatic carbocycles. The molecule has 0 saturated carbocycles. The standard InChI is InChI=1S/C12H11BrClNOS/c1-8-15-11(6-17-8)12(16,7-13)9-2-4-10(14)5-3-9/h2-6,16H,7H2,1H3. The van der Waals surface area contributed by atoms with Gasteiger partial charge in [0.2, 0.25) is 0 Å². The highest BCUT2D eigenvalue weighted by atomic mass is 79.9. The smallest absolute Gasteiger partial charge is 0.142 e. The summed E-state index contributed by atoms with van der Waals surface area (Å²) in [5, 5.41) is 14.6. The Bertz CT molecular complexity index is 513. The van der Waals surface area contributed by atoms with E-state index >= 15 is 0 Å². The third-order valence-electron chi connectivity index (χ3n) is 2.56. The topological polar surface area (TPSA) is 33.1 Å². The number of aromatic nitrogens is 1. The maximum atomic E-state index is 10.7. The number of halogens is 2. The lowest BCUT2D eigenvalue weighted by Gasteiger charge is -2.24. The Labute approximate surface area is 117 Å². The summed E-state index contributed by atoms with van der Waals surface area (Å²) in [5.74, 6) is 0. The predicted molar refractivity (Wildman–Crippen MR) is 75.1 cm³/mol. The first kappa shape index (κ1) is 13.0. The van der Waals surface area contributed by atoms with Gasteiger partial charge in [-0.3, -0.25) is 0 Å². The van der Waals surface area contributed by atoms with Gasteiger partial charge in [0.1, 0.15) is 5.60 Å². The first-order valence-electron chi connectivity index (χ1n) is 5.03. The fraction of sp³-hybridized carbons (Fsp3) is 0.250. The van der Waals surface area contributed by atoms with Crippen molar-refractivity contribution < 1.29 is 5.11 Å². The monoisotopic (exact) mass is 331 g/mol. The van der Waals surface area contributed by atoms with E-state index in [0.29, 0.717) is 16.0 Å². The SMILES string of the molecule is Cc1nc(C(O)(CBr)c2ccc(Cl)cc2)cs1. The maximum absolute atomic E-state index is 10.7. The van der Waals surface area contributed by atoms with Crippen molar-refractivity contribution in [3.05, 3.63) is 50.9 Å². The summed E-state index contributed by atoms with van der Waals surface area (Å²) >= 11 is 10.7.